The molecule has 0 spiro atoms. The van der Waals surface area contributed by atoms with E-state index in [2.05, 4.69) is 11.6 Å². The second kappa shape index (κ2) is 4.42. The zero-order valence-electron chi connectivity index (χ0n) is 10.9. The average molecular weight is 267 g/mol. The Bertz CT molecular complexity index is 818. The zero-order chi connectivity index (χ0) is 14.3. The summed E-state index contributed by atoms with van der Waals surface area (Å²) >= 11 is 0. The summed E-state index contributed by atoms with van der Waals surface area (Å²) in [6.45, 7) is 5.57. The van der Waals surface area contributed by atoms with Crippen LogP contribution in [0.15, 0.2) is 41.3 Å². The minimum Gasteiger partial charge on any atom is -0.508 e. The van der Waals surface area contributed by atoms with E-state index in [1.807, 2.05) is 6.92 Å². The summed E-state index contributed by atoms with van der Waals surface area (Å²) in [6.07, 6.45) is 1.61. The van der Waals surface area contributed by atoms with Crippen molar-refractivity contribution in [2.24, 2.45) is 0 Å². The molecule has 0 bridgehead atoms. The van der Waals surface area contributed by atoms with Crippen LogP contribution in [0.25, 0.3) is 28.6 Å². The average Bonchev–Trinajstić information content (AvgIpc) is 2.80. The predicted molar refractivity (Wildman–Crippen MR) is 77.6 cm³/mol. The molecule has 0 aliphatic rings. The second-order valence-electron chi connectivity index (χ2n) is 4.61. The van der Waals surface area contributed by atoms with Crippen LogP contribution in [-0.4, -0.2) is 15.2 Å². The Morgan fingerprint density at radius 2 is 1.95 bits per heavy atom. The minimum absolute atomic E-state index is 0.120. The van der Waals surface area contributed by atoms with E-state index in [0.717, 1.165) is 11.1 Å². The third kappa shape index (κ3) is 1.91. The van der Waals surface area contributed by atoms with Crippen LogP contribution in [0.3, 0.4) is 0 Å². The minimum atomic E-state index is 0.120. The molecule has 1 aromatic heterocycles. The number of hydrogen-bond acceptors (Lipinski definition) is 4. The van der Waals surface area contributed by atoms with Crippen LogP contribution < -0.4 is 0 Å². The maximum atomic E-state index is 9.65. The molecule has 0 aliphatic carbocycles. The van der Waals surface area contributed by atoms with Crippen molar-refractivity contribution in [1.82, 2.24) is 4.98 Å². The standard InChI is InChI=1S/C16H13NO3/c1-3-10-7-12(19)8-14-15(10)20-16(17-14)13-5-4-11(18)6-9(13)2/h3-8,18-19H,1H2,2H3. The highest BCUT2D eigenvalue weighted by Crippen LogP contribution is 2.32. The Kier molecular flexibility index (Phi) is 2.71. The van der Waals surface area contributed by atoms with Crippen LogP contribution in [0, 0.1) is 6.92 Å². The molecule has 0 radical (unpaired) electrons. The molecule has 0 atom stereocenters. The van der Waals surface area contributed by atoms with Gasteiger partial charge in [-0.05, 0) is 36.8 Å². The summed E-state index contributed by atoms with van der Waals surface area (Å²) in [5.74, 6) is 0.771. The lowest BCUT2D eigenvalue weighted by Crippen LogP contribution is -1.82. The molecular formula is C16H13NO3. The van der Waals surface area contributed by atoms with E-state index >= 15 is 0 Å². The van der Waals surface area contributed by atoms with Crippen LogP contribution in [-0.2, 0) is 0 Å². The Morgan fingerprint density at radius 1 is 1.15 bits per heavy atom. The van der Waals surface area contributed by atoms with Crippen molar-refractivity contribution in [3.63, 3.8) is 0 Å². The van der Waals surface area contributed by atoms with E-state index in [0.29, 0.717) is 22.6 Å². The van der Waals surface area contributed by atoms with Crippen molar-refractivity contribution in [2.45, 2.75) is 6.92 Å². The maximum Gasteiger partial charge on any atom is 0.227 e. The first-order chi connectivity index (χ1) is 9.58. The number of aryl methyl sites for hydroxylation is 1. The van der Waals surface area contributed by atoms with E-state index < -0.39 is 0 Å². The molecule has 0 aliphatic heterocycles. The van der Waals surface area contributed by atoms with Gasteiger partial charge in [-0.2, -0.15) is 0 Å². The van der Waals surface area contributed by atoms with E-state index in [-0.39, 0.29) is 11.5 Å². The number of fused-ring (bicyclic) bond motifs is 1. The van der Waals surface area contributed by atoms with Gasteiger partial charge in [0.15, 0.2) is 5.58 Å². The lowest BCUT2D eigenvalue weighted by molar-refractivity contribution is 0.474. The fourth-order valence-corrected chi connectivity index (χ4v) is 2.20. The van der Waals surface area contributed by atoms with E-state index in [1.54, 1.807) is 36.4 Å². The molecule has 100 valence electrons. The number of hydrogen-bond donors (Lipinski definition) is 2. The molecule has 4 heteroatoms. The summed E-state index contributed by atoms with van der Waals surface area (Å²) in [5, 5.41) is 19.1. The summed E-state index contributed by atoms with van der Waals surface area (Å²) in [4.78, 5) is 4.39. The van der Waals surface area contributed by atoms with Gasteiger partial charge in [-0.1, -0.05) is 12.7 Å². The van der Waals surface area contributed by atoms with Crippen LogP contribution in [0.2, 0.25) is 0 Å². The number of aromatic nitrogens is 1. The van der Waals surface area contributed by atoms with Crippen molar-refractivity contribution < 1.29 is 14.6 Å². The van der Waals surface area contributed by atoms with Crippen LogP contribution >= 0.6 is 0 Å². The number of oxazole rings is 1. The topological polar surface area (TPSA) is 66.5 Å². The summed E-state index contributed by atoms with van der Waals surface area (Å²) < 4.78 is 5.78. The van der Waals surface area contributed by atoms with Crippen LogP contribution in [0.1, 0.15) is 11.1 Å². The fourth-order valence-electron chi connectivity index (χ4n) is 2.20. The van der Waals surface area contributed by atoms with Gasteiger partial charge in [-0.15, -0.1) is 0 Å². The molecule has 4 nitrogen and oxygen atoms in total. The maximum absolute atomic E-state index is 9.65. The fraction of sp³-hybridized carbons (Fsp3) is 0.0625. The first-order valence-electron chi connectivity index (χ1n) is 6.14. The molecule has 3 rings (SSSR count). The lowest BCUT2D eigenvalue weighted by Gasteiger charge is -2.01. The van der Waals surface area contributed by atoms with Gasteiger partial charge in [0.2, 0.25) is 5.89 Å². The second-order valence-corrected chi connectivity index (χ2v) is 4.61. The number of aromatic hydroxyl groups is 2. The molecule has 20 heavy (non-hydrogen) atoms. The molecular weight excluding hydrogens is 254 g/mol. The summed E-state index contributed by atoms with van der Waals surface area (Å²) in [5.41, 5.74) is 3.51. The molecule has 2 N–H and O–H groups in total. The first-order valence-corrected chi connectivity index (χ1v) is 6.14. The van der Waals surface area contributed by atoms with Gasteiger partial charge in [0.05, 0.1) is 0 Å². The molecule has 2 aromatic carbocycles. The lowest BCUT2D eigenvalue weighted by atomic mass is 10.1. The van der Waals surface area contributed by atoms with Gasteiger partial charge in [-0.25, -0.2) is 4.98 Å². The third-order valence-electron chi connectivity index (χ3n) is 3.16. The number of phenols is 2. The molecule has 0 unspecified atom stereocenters. The Balaban J connectivity index is 2.25. The largest absolute Gasteiger partial charge is 0.508 e. The SMILES string of the molecule is C=Cc1cc(O)cc2nc(-c3ccc(O)cc3C)oc12. The number of benzene rings is 2. The number of phenolic OH excluding ortho intramolecular Hbond substituents is 2. The van der Waals surface area contributed by atoms with Gasteiger partial charge in [0, 0.05) is 17.2 Å². The highest BCUT2D eigenvalue weighted by molar-refractivity contribution is 5.86. The molecule has 0 saturated heterocycles. The van der Waals surface area contributed by atoms with Crippen molar-refractivity contribution in [1.29, 1.82) is 0 Å². The first kappa shape index (κ1) is 12.3. The van der Waals surface area contributed by atoms with Crippen LogP contribution in [0.5, 0.6) is 11.5 Å². The molecule has 0 amide bonds. The monoisotopic (exact) mass is 267 g/mol. The van der Waals surface area contributed by atoms with Gasteiger partial charge in [-0.3, -0.25) is 0 Å². The van der Waals surface area contributed by atoms with Crippen molar-refractivity contribution in [2.75, 3.05) is 0 Å². The number of nitrogens with zero attached hydrogens (tertiary/aromatic N) is 1. The third-order valence-corrected chi connectivity index (χ3v) is 3.16. The highest BCUT2D eigenvalue weighted by Gasteiger charge is 2.13. The molecule has 1 heterocycles. The quantitative estimate of drug-likeness (QED) is 0.740. The van der Waals surface area contributed by atoms with Crippen molar-refractivity contribution >= 4 is 17.2 Å². The smallest absolute Gasteiger partial charge is 0.227 e. The van der Waals surface area contributed by atoms with Crippen molar-refractivity contribution in [3.05, 3.63) is 48.0 Å². The Morgan fingerprint density at radius 3 is 2.65 bits per heavy atom. The van der Waals surface area contributed by atoms with E-state index in [9.17, 15) is 10.2 Å². The van der Waals surface area contributed by atoms with E-state index in [4.69, 9.17) is 4.42 Å². The summed E-state index contributed by atoms with van der Waals surface area (Å²) in [7, 11) is 0. The number of rotatable bonds is 2. The normalized spacial score (nSPS) is 10.8. The zero-order valence-corrected chi connectivity index (χ0v) is 10.9. The summed E-state index contributed by atoms with van der Waals surface area (Å²) in [6, 6.07) is 8.11. The Hall–Kier alpha value is -2.75. The predicted octanol–water partition coefficient (Wildman–Crippen LogP) is 3.86. The molecule has 0 saturated carbocycles. The van der Waals surface area contributed by atoms with Gasteiger partial charge in [0.1, 0.15) is 17.0 Å². The van der Waals surface area contributed by atoms with Crippen LogP contribution in [0.4, 0.5) is 0 Å². The highest BCUT2D eigenvalue weighted by atomic mass is 16.3. The van der Waals surface area contributed by atoms with Crippen molar-refractivity contribution in [3.8, 4) is 23.0 Å². The molecule has 0 fully saturated rings. The molecule has 3 aromatic rings. The van der Waals surface area contributed by atoms with E-state index in [1.165, 1.54) is 0 Å². The Labute approximate surface area is 115 Å². The van der Waals surface area contributed by atoms with Gasteiger partial charge in [0.25, 0.3) is 0 Å². The van der Waals surface area contributed by atoms with Gasteiger partial charge < -0.3 is 14.6 Å². The van der Waals surface area contributed by atoms with Gasteiger partial charge >= 0.3 is 0 Å².